The van der Waals surface area contributed by atoms with Gasteiger partial charge in [-0.3, -0.25) is 9.99 Å². The monoisotopic (exact) mass is 336 g/mol. The van der Waals surface area contributed by atoms with Crippen LogP contribution in [0.4, 0.5) is 0 Å². The van der Waals surface area contributed by atoms with Gasteiger partial charge in [-0.2, -0.15) is 0 Å². The normalized spacial score (nSPS) is 12.0. The quantitative estimate of drug-likeness (QED) is 0.551. The highest BCUT2D eigenvalue weighted by Crippen LogP contribution is 2.22. The van der Waals surface area contributed by atoms with Gasteiger partial charge in [-0.1, -0.05) is 54.6 Å². The first-order valence-corrected chi connectivity index (χ1v) is 8.26. The lowest BCUT2D eigenvalue weighted by molar-refractivity contribution is 0.262. The van der Waals surface area contributed by atoms with E-state index in [0.29, 0.717) is 11.7 Å². The molecule has 1 aromatic heterocycles. The number of nitrogens with zero attached hydrogens (tertiary/aromatic N) is 2. The van der Waals surface area contributed by atoms with E-state index in [2.05, 4.69) is 29.5 Å². The summed E-state index contributed by atoms with van der Waals surface area (Å²) in [6.45, 7) is 2.66. The third-order valence-corrected chi connectivity index (χ3v) is 4.13. The molecule has 4 nitrogen and oxygen atoms in total. The van der Waals surface area contributed by atoms with Gasteiger partial charge in [0.2, 0.25) is 0 Å². The molecule has 0 amide bonds. The number of nitrogens with two attached hydrogens (primary N) is 1. The lowest BCUT2D eigenvalue weighted by Gasteiger charge is -2.28. The summed E-state index contributed by atoms with van der Waals surface area (Å²) in [6.07, 6.45) is 1.83. The molecule has 3 rings (SSSR count). The van der Waals surface area contributed by atoms with E-state index in [4.69, 9.17) is 18.0 Å². The lowest BCUT2D eigenvalue weighted by atomic mass is 10.1. The van der Waals surface area contributed by atoms with Crippen molar-refractivity contribution in [1.82, 2.24) is 15.4 Å². The van der Waals surface area contributed by atoms with Crippen LogP contribution in [0.25, 0.3) is 10.8 Å². The molecule has 3 N–H and O–H groups in total. The Balaban J connectivity index is 1.82. The van der Waals surface area contributed by atoms with E-state index in [1.54, 1.807) is 5.01 Å². The third kappa shape index (κ3) is 3.69. The molecule has 0 saturated carbocycles. The van der Waals surface area contributed by atoms with E-state index >= 15 is 0 Å². The SMILES string of the molecule is CC(NN(Cc1ccccc1)C(N)=S)c1nccc2ccccc12. The topological polar surface area (TPSA) is 54.2 Å². The minimum Gasteiger partial charge on any atom is -0.375 e. The second kappa shape index (κ2) is 7.38. The van der Waals surface area contributed by atoms with Gasteiger partial charge in [0, 0.05) is 11.6 Å². The molecular weight excluding hydrogens is 316 g/mol. The van der Waals surface area contributed by atoms with E-state index in [1.165, 1.54) is 5.39 Å². The largest absolute Gasteiger partial charge is 0.375 e. The summed E-state index contributed by atoms with van der Waals surface area (Å²) in [7, 11) is 0. The van der Waals surface area contributed by atoms with Crippen molar-refractivity contribution in [2.45, 2.75) is 19.5 Å². The van der Waals surface area contributed by atoms with E-state index in [1.807, 2.05) is 54.7 Å². The first kappa shape index (κ1) is 16.4. The van der Waals surface area contributed by atoms with Crippen molar-refractivity contribution in [2.75, 3.05) is 0 Å². The van der Waals surface area contributed by atoms with Gasteiger partial charge in [0.1, 0.15) is 0 Å². The molecule has 0 aliphatic heterocycles. The van der Waals surface area contributed by atoms with Crippen LogP contribution < -0.4 is 11.2 Å². The fourth-order valence-corrected chi connectivity index (χ4v) is 2.85. The number of hydrazine groups is 1. The Kier molecular flexibility index (Phi) is 5.03. The van der Waals surface area contributed by atoms with Gasteiger partial charge in [0.05, 0.1) is 18.3 Å². The molecule has 1 atom stereocenters. The number of benzene rings is 2. The Hall–Kier alpha value is -2.50. The zero-order chi connectivity index (χ0) is 16.9. The van der Waals surface area contributed by atoms with Crippen LogP contribution in [0.2, 0.25) is 0 Å². The molecule has 24 heavy (non-hydrogen) atoms. The second-order valence-electron chi connectivity index (χ2n) is 5.68. The standard InChI is InChI=1S/C19H20N4S/c1-14(18-17-10-6-5-9-16(17)11-12-21-18)22-23(19(20)24)13-15-7-3-2-4-8-15/h2-12,14,22H,13H2,1H3,(H2,20,24). The molecule has 5 heteroatoms. The molecule has 3 aromatic rings. The van der Waals surface area contributed by atoms with Gasteiger partial charge in [-0.05, 0) is 36.2 Å². The van der Waals surface area contributed by atoms with Crippen LogP contribution in [0.15, 0.2) is 66.9 Å². The number of fused-ring (bicyclic) bond motifs is 1. The van der Waals surface area contributed by atoms with Crippen molar-refractivity contribution in [3.05, 3.63) is 78.1 Å². The highest BCUT2D eigenvalue weighted by atomic mass is 32.1. The Morgan fingerprint density at radius 2 is 1.83 bits per heavy atom. The van der Waals surface area contributed by atoms with Crippen molar-refractivity contribution < 1.29 is 0 Å². The van der Waals surface area contributed by atoms with Crippen LogP contribution >= 0.6 is 12.2 Å². The summed E-state index contributed by atoms with van der Waals surface area (Å²) in [4.78, 5) is 4.55. The minimum atomic E-state index is -0.0266. The summed E-state index contributed by atoms with van der Waals surface area (Å²) in [6, 6.07) is 20.3. The molecule has 0 saturated heterocycles. The Morgan fingerprint density at radius 3 is 2.58 bits per heavy atom. The smallest absolute Gasteiger partial charge is 0.181 e. The molecule has 1 heterocycles. The highest BCUT2D eigenvalue weighted by molar-refractivity contribution is 7.80. The van der Waals surface area contributed by atoms with Crippen LogP contribution in [-0.2, 0) is 6.54 Å². The van der Waals surface area contributed by atoms with Crippen LogP contribution in [0.1, 0.15) is 24.2 Å². The van der Waals surface area contributed by atoms with Gasteiger partial charge in [0.25, 0.3) is 0 Å². The number of pyridine rings is 1. The van der Waals surface area contributed by atoms with Crippen LogP contribution in [-0.4, -0.2) is 15.1 Å². The predicted molar refractivity (Wildman–Crippen MR) is 102 cm³/mol. The maximum atomic E-state index is 5.90. The Bertz CT molecular complexity index is 830. The maximum absolute atomic E-state index is 5.90. The number of hydrogen-bond acceptors (Lipinski definition) is 3. The molecule has 122 valence electrons. The first-order chi connectivity index (χ1) is 11.6. The molecule has 2 aromatic carbocycles. The van der Waals surface area contributed by atoms with Crippen LogP contribution in [0.3, 0.4) is 0 Å². The van der Waals surface area contributed by atoms with Crippen molar-refractivity contribution in [1.29, 1.82) is 0 Å². The average molecular weight is 336 g/mol. The van der Waals surface area contributed by atoms with Crippen molar-refractivity contribution in [2.24, 2.45) is 5.73 Å². The number of rotatable bonds is 5. The number of aromatic nitrogens is 1. The van der Waals surface area contributed by atoms with Crippen molar-refractivity contribution in [3.63, 3.8) is 0 Å². The minimum absolute atomic E-state index is 0.0266. The molecule has 0 aliphatic rings. The third-order valence-electron chi connectivity index (χ3n) is 3.91. The molecule has 1 unspecified atom stereocenters. The van der Waals surface area contributed by atoms with Gasteiger partial charge < -0.3 is 5.73 Å². The van der Waals surface area contributed by atoms with Crippen molar-refractivity contribution >= 4 is 28.1 Å². The van der Waals surface area contributed by atoms with E-state index in [9.17, 15) is 0 Å². The number of thiocarbonyl (C=S) groups is 1. The summed E-state index contributed by atoms with van der Waals surface area (Å²) in [5, 5.41) is 4.40. The second-order valence-corrected chi connectivity index (χ2v) is 6.10. The zero-order valence-electron chi connectivity index (χ0n) is 13.5. The number of nitrogens with one attached hydrogen (secondary N) is 1. The van der Waals surface area contributed by atoms with Gasteiger partial charge in [0.15, 0.2) is 5.11 Å². The summed E-state index contributed by atoms with van der Waals surface area (Å²) in [5.74, 6) is 0. The number of hydrogen-bond donors (Lipinski definition) is 2. The average Bonchev–Trinajstić information content (AvgIpc) is 2.61. The van der Waals surface area contributed by atoms with Gasteiger partial charge in [-0.15, -0.1) is 0 Å². The van der Waals surface area contributed by atoms with Gasteiger partial charge >= 0.3 is 0 Å². The summed E-state index contributed by atoms with van der Waals surface area (Å²) in [5.41, 5.74) is 11.4. The Labute approximate surface area is 147 Å². The first-order valence-electron chi connectivity index (χ1n) is 7.86. The molecular formula is C19H20N4S. The molecule has 0 bridgehead atoms. The van der Waals surface area contributed by atoms with E-state index in [0.717, 1.165) is 16.6 Å². The molecule has 0 fully saturated rings. The van der Waals surface area contributed by atoms with Crippen molar-refractivity contribution in [3.8, 4) is 0 Å². The summed E-state index contributed by atoms with van der Waals surface area (Å²) >= 11 is 5.20. The van der Waals surface area contributed by atoms with Crippen LogP contribution in [0.5, 0.6) is 0 Å². The zero-order valence-corrected chi connectivity index (χ0v) is 14.3. The maximum Gasteiger partial charge on any atom is 0.181 e. The molecule has 0 radical (unpaired) electrons. The predicted octanol–water partition coefficient (Wildman–Crippen LogP) is 3.55. The molecule has 0 spiro atoms. The molecule has 0 aliphatic carbocycles. The van der Waals surface area contributed by atoms with E-state index < -0.39 is 0 Å². The Morgan fingerprint density at radius 1 is 1.12 bits per heavy atom. The van der Waals surface area contributed by atoms with E-state index in [-0.39, 0.29) is 6.04 Å². The summed E-state index contributed by atoms with van der Waals surface area (Å²) < 4.78 is 0. The van der Waals surface area contributed by atoms with Crippen LogP contribution in [0, 0.1) is 0 Å². The fourth-order valence-electron chi connectivity index (χ4n) is 2.74. The van der Waals surface area contributed by atoms with Gasteiger partial charge in [-0.25, -0.2) is 5.43 Å². The highest BCUT2D eigenvalue weighted by Gasteiger charge is 2.15. The lowest BCUT2D eigenvalue weighted by Crippen LogP contribution is -2.46. The fraction of sp³-hybridized carbons (Fsp3) is 0.158.